The average molecular weight is 414 g/mol. The Bertz CT molecular complexity index is 930. The third-order valence-corrected chi connectivity index (χ3v) is 6.28. The lowest BCUT2D eigenvalue weighted by Gasteiger charge is -2.29. The molecule has 0 bridgehead atoms. The maximum absolute atomic E-state index is 12.7. The largest absolute Gasteiger partial charge is 0.462 e. The second-order valence-corrected chi connectivity index (χ2v) is 8.04. The number of imide groups is 1. The van der Waals surface area contributed by atoms with E-state index in [1.165, 1.54) is 11.3 Å². The summed E-state index contributed by atoms with van der Waals surface area (Å²) in [5.74, 6) is -1.24. The summed E-state index contributed by atoms with van der Waals surface area (Å²) in [5, 5.41) is 0.687. The van der Waals surface area contributed by atoms with Gasteiger partial charge in [0.15, 0.2) is 5.13 Å². The summed E-state index contributed by atoms with van der Waals surface area (Å²) in [6, 6.07) is 6.88. The summed E-state index contributed by atoms with van der Waals surface area (Å²) in [6.07, 6.45) is 1.70. The van der Waals surface area contributed by atoms with Gasteiger partial charge in [-0.15, -0.1) is 0 Å². The van der Waals surface area contributed by atoms with E-state index in [0.29, 0.717) is 26.8 Å². The molecule has 2 aliphatic heterocycles. The van der Waals surface area contributed by atoms with E-state index in [-0.39, 0.29) is 31.0 Å². The topological polar surface area (TPSA) is 106 Å². The molecule has 0 saturated carbocycles. The minimum Gasteiger partial charge on any atom is -0.462 e. The molecule has 0 unspecified atom stereocenters. The van der Waals surface area contributed by atoms with E-state index >= 15 is 0 Å². The number of anilines is 1. The number of benzene rings is 1. The van der Waals surface area contributed by atoms with Crippen LogP contribution in [0.2, 0.25) is 0 Å². The highest BCUT2D eigenvalue weighted by molar-refractivity contribution is 7.17. The van der Waals surface area contributed by atoms with Gasteiger partial charge < -0.3 is 15.4 Å². The van der Waals surface area contributed by atoms with Crippen molar-refractivity contribution >= 4 is 34.3 Å². The molecule has 1 fully saturated rings. The third kappa shape index (κ3) is 3.63. The molecule has 152 valence electrons. The minimum absolute atomic E-state index is 0.0651. The van der Waals surface area contributed by atoms with Crippen molar-refractivity contribution in [2.45, 2.75) is 32.4 Å². The van der Waals surface area contributed by atoms with E-state index in [1.807, 2.05) is 0 Å². The Morgan fingerprint density at radius 3 is 2.41 bits per heavy atom. The number of ether oxygens (including phenoxy) is 1. The Morgan fingerprint density at radius 2 is 1.83 bits per heavy atom. The Balaban J connectivity index is 1.63. The molecular formula is C20H22N4O4S. The highest BCUT2D eigenvalue weighted by atomic mass is 32.1. The van der Waals surface area contributed by atoms with E-state index in [1.54, 1.807) is 31.2 Å². The fourth-order valence-electron chi connectivity index (χ4n) is 3.56. The summed E-state index contributed by atoms with van der Waals surface area (Å²) < 4.78 is 5.17. The first-order chi connectivity index (χ1) is 14.0. The first-order valence-electron chi connectivity index (χ1n) is 9.62. The zero-order chi connectivity index (χ0) is 20.5. The highest BCUT2D eigenvalue weighted by Crippen LogP contribution is 2.32. The lowest BCUT2D eigenvalue weighted by atomic mass is 10.1. The van der Waals surface area contributed by atoms with Crippen molar-refractivity contribution in [3.8, 4) is 0 Å². The number of esters is 1. The molecule has 2 amide bonds. The molecule has 0 radical (unpaired) electrons. The second-order valence-electron chi connectivity index (χ2n) is 7.06. The lowest BCUT2D eigenvalue weighted by molar-refractivity contribution is 0.0522. The Kier molecular flexibility index (Phi) is 5.33. The van der Waals surface area contributed by atoms with Gasteiger partial charge in [-0.3, -0.25) is 14.5 Å². The van der Waals surface area contributed by atoms with E-state index in [0.717, 1.165) is 30.8 Å². The smallest absolute Gasteiger partial charge is 0.350 e. The van der Waals surface area contributed by atoms with E-state index in [9.17, 15) is 14.4 Å². The molecule has 8 nitrogen and oxygen atoms in total. The third-order valence-electron chi connectivity index (χ3n) is 5.14. The van der Waals surface area contributed by atoms with Crippen LogP contribution >= 0.6 is 11.3 Å². The molecule has 0 aliphatic carbocycles. The molecule has 29 heavy (non-hydrogen) atoms. The molecule has 1 aromatic carbocycles. The van der Waals surface area contributed by atoms with Crippen molar-refractivity contribution in [1.29, 1.82) is 0 Å². The number of hydrogen-bond donors (Lipinski definition) is 1. The van der Waals surface area contributed by atoms with Crippen molar-refractivity contribution < 1.29 is 19.1 Å². The number of thiazole rings is 1. The monoisotopic (exact) mass is 414 g/mol. The second kappa shape index (κ2) is 7.92. The van der Waals surface area contributed by atoms with Gasteiger partial charge in [0.05, 0.1) is 30.0 Å². The van der Waals surface area contributed by atoms with Gasteiger partial charge >= 0.3 is 5.97 Å². The first kappa shape index (κ1) is 19.5. The standard InChI is InChI=1S/C20H22N4O4S/c1-2-28-19(27)16-15(22-20(29-16)23-9-7-12(21)8-10-23)11-24-17(25)13-5-3-4-6-14(13)18(24)26/h3-6,12H,2,7-11,21H2,1H3. The summed E-state index contributed by atoms with van der Waals surface area (Å²) in [7, 11) is 0. The number of nitrogens with zero attached hydrogens (tertiary/aromatic N) is 3. The molecule has 2 N–H and O–H groups in total. The number of aromatic nitrogens is 1. The van der Waals surface area contributed by atoms with Gasteiger partial charge in [0.2, 0.25) is 0 Å². The van der Waals surface area contributed by atoms with Crippen molar-refractivity contribution in [1.82, 2.24) is 9.88 Å². The van der Waals surface area contributed by atoms with Gasteiger partial charge in [0.1, 0.15) is 4.88 Å². The zero-order valence-corrected chi connectivity index (χ0v) is 16.9. The molecule has 1 aromatic heterocycles. The molecule has 4 rings (SSSR count). The SMILES string of the molecule is CCOC(=O)c1sc(N2CCC(N)CC2)nc1CN1C(=O)c2ccccc2C1=O. The minimum atomic E-state index is -0.489. The van der Waals surface area contributed by atoms with E-state index in [4.69, 9.17) is 10.5 Å². The maximum Gasteiger partial charge on any atom is 0.350 e. The van der Waals surface area contributed by atoms with Gasteiger partial charge in [0, 0.05) is 19.1 Å². The average Bonchev–Trinajstić information content (AvgIpc) is 3.25. The van der Waals surface area contributed by atoms with Crippen LogP contribution in [-0.2, 0) is 11.3 Å². The molecule has 1 saturated heterocycles. The van der Waals surface area contributed by atoms with Crippen LogP contribution in [-0.4, -0.2) is 53.4 Å². The van der Waals surface area contributed by atoms with Crippen molar-refractivity contribution in [3.63, 3.8) is 0 Å². The quantitative estimate of drug-likeness (QED) is 0.589. The van der Waals surface area contributed by atoms with E-state index in [2.05, 4.69) is 9.88 Å². The van der Waals surface area contributed by atoms with Crippen molar-refractivity contribution in [2.75, 3.05) is 24.6 Å². The number of nitrogens with two attached hydrogens (primary N) is 1. The Labute approximate surface area is 172 Å². The summed E-state index contributed by atoms with van der Waals surface area (Å²) in [6.45, 7) is 3.41. The normalized spacial score (nSPS) is 17.0. The number of fused-ring (bicyclic) bond motifs is 1. The van der Waals surface area contributed by atoms with Gasteiger partial charge in [0.25, 0.3) is 11.8 Å². The van der Waals surface area contributed by atoms with Gasteiger partial charge in [-0.1, -0.05) is 23.5 Å². The Hall–Kier alpha value is -2.78. The number of carbonyl (C=O) groups excluding carboxylic acids is 3. The van der Waals surface area contributed by atoms with Gasteiger partial charge in [-0.2, -0.15) is 0 Å². The van der Waals surface area contributed by atoms with Crippen LogP contribution in [0.4, 0.5) is 5.13 Å². The predicted molar refractivity (Wildman–Crippen MR) is 108 cm³/mol. The fourth-order valence-corrected chi connectivity index (χ4v) is 4.58. The number of amides is 2. The van der Waals surface area contributed by atoms with Crippen LogP contribution < -0.4 is 10.6 Å². The van der Waals surface area contributed by atoms with E-state index < -0.39 is 5.97 Å². The van der Waals surface area contributed by atoms with Crippen LogP contribution in [0.15, 0.2) is 24.3 Å². The highest BCUT2D eigenvalue weighted by Gasteiger charge is 2.37. The summed E-state index contributed by atoms with van der Waals surface area (Å²) in [5.41, 5.74) is 7.10. The van der Waals surface area contributed by atoms with Crippen LogP contribution in [0.5, 0.6) is 0 Å². The van der Waals surface area contributed by atoms with Crippen molar-refractivity contribution in [3.05, 3.63) is 46.0 Å². The van der Waals surface area contributed by atoms with Gasteiger partial charge in [-0.05, 0) is 31.9 Å². The molecule has 2 aromatic rings. The molecule has 2 aliphatic rings. The number of carbonyl (C=O) groups is 3. The van der Waals surface area contributed by atoms with Gasteiger partial charge in [-0.25, -0.2) is 9.78 Å². The molecule has 9 heteroatoms. The maximum atomic E-state index is 12.7. The van der Waals surface area contributed by atoms with Crippen LogP contribution in [0.25, 0.3) is 0 Å². The molecule has 3 heterocycles. The van der Waals surface area contributed by atoms with Crippen LogP contribution in [0, 0.1) is 0 Å². The lowest BCUT2D eigenvalue weighted by Crippen LogP contribution is -2.39. The first-order valence-corrected chi connectivity index (χ1v) is 10.4. The van der Waals surface area contributed by atoms with Crippen molar-refractivity contribution in [2.24, 2.45) is 5.73 Å². The van der Waals surface area contributed by atoms with Crippen LogP contribution in [0.1, 0.15) is 55.8 Å². The zero-order valence-electron chi connectivity index (χ0n) is 16.1. The summed E-state index contributed by atoms with van der Waals surface area (Å²) >= 11 is 1.24. The summed E-state index contributed by atoms with van der Waals surface area (Å²) in [4.78, 5) is 46.1. The fraction of sp³-hybridized carbons (Fsp3) is 0.400. The Morgan fingerprint density at radius 1 is 1.21 bits per heavy atom. The molecule has 0 spiro atoms. The molecular weight excluding hydrogens is 392 g/mol. The molecule has 0 atom stereocenters. The number of piperidine rings is 1. The predicted octanol–water partition coefficient (Wildman–Crippen LogP) is 2.04. The number of hydrogen-bond acceptors (Lipinski definition) is 8. The van der Waals surface area contributed by atoms with Crippen LogP contribution in [0.3, 0.4) is 0 Å². The number of rotatable bonds is 5.